The molecule has 35 heteroatoms. The van der Waals surface area contributed by atoms with Crippen LogP contribution in [0.2, 0.25) is 0 Å². The molecule has 0 radical (unpaired) electrons. The predicted molar refractivity (Wildman–Crippen MR) is 361 cm³/mol. The molecule has 0 saturated carbocycles. The van der Waals surface area contributed by atoms with Crippen molar-refractivity contribution in [1.82, 2.24) is 61.8 Å². The van der Waals surface area contributed by atoms with E-state index in [0.29, 0.717) is 75.7 Å². The largest absolute Gasteiger partial charge is 0.481 e. The normalized spacial score (nSPS) is 15.4. The smallest absolute Gasteiger partial charge is 0.326 e. The van der Waals surface area contributed by atoms with Gasteiger partial charge in [0.25, 0.3) is 5.91 Å². The summed E-state index contributed by atoms with van der Waals surface area (Å²) in [6, 6.07) is 8.87. The number of anilines is 1. The summed E-state index contributed by atoms with van der Waals surface area (Å²) >= 11 is 5.58. The van der Waals surface area contributed by atoms with Crippen LogP contribution in [0, 0.1) is 0 Å². The molecule has 0 aliphatic carbocycles. The first-order chi connectivity index (χ1) is 47.1. The molecule has 6 amide bonds. The number of aromatic nitrogens is 1. The zero-order valence-electron chi connectivity index (χ0n) is 55.1. The number of aromatic amines is 1. The maximum atomic E-state index is 13.9. The fourth-order valence-corrected chi connectivity index (χ4v) is 11.1. The van der Waals surface area contributed by atoms with E-state index >= 15 is 0 Å². The van der Waals surface area contributed by atoms with Gasteiger partial charge < -0.3 is 88.4 Å². The molecule has 0 spiro atoms. The van der Waals surface area contributed by atoms with E-state index in [1.165, 1.54) is 0 Å². The number of thiocarbonyl (C=S) groups is 1. The van der Waals surface area contributed by atoms with E-state index in [-0.39, 0.29) is 122 Å². The van der Waals surface area contributed by atoms with Gasteiger partial charge in [0.15, 0.2) is 5.11 Å². The summed E-state index contributed by atoms with van der Waals surface area (Å²) in [5.74, 6) is -12.1. The second kappa shape index (κ2) is 44.4. The van der Waals surface area contributed by atoms with Crippen LogP contribution in [0.15, 0.2) is 54.6 Å². The molecule has 4 rings (SSSR count). The van der Waals surface area contributed by atoms with Gasteiger partial charge in [-0.2, -0.15) is 0 Å². The molecule has 99 heavy (non-hydrogen) atoms. The van der Waals surface area contributed by atoms with Crippen LogP contribution >= 0.6 is 12.2 Å². The van der Waals surface area contributed by atoms with Crippen LogP contribution in [0.4, 0.5) is 10.5 Å². The average molecular weight is 1410 g/mol. The highest BCUT2D eigenvalue weighted by Crippen LogP contribution is 2.18. The Bertz CT molecular complexity index is 3180. The van der Waals surface area contributed by atoms with Crippen molar-refractivity contribution in [2.45, 2.75) is 139 Å². The maximum Gasteiger partial charge on any atom is 0.326 e. The van der Waals surface area contributed by atoms with Crippen molar-refractivity contribution in [3.63, 3.8) is 0 Å². The quantitative estimate of drug-likeness (QED) is 0.0278. The minimum Gasteiger partial charge on any atom is -0.481 e. The summed E-state index contributed by atoms with van der Waals surface area (Å²) in [5, 5.41) is 99.1. The Hall–Kier alpha value is -9.58. The zero-order valence-corrected chi connectivity index (χ0v) is 55.9. The van der Waals surface area contributed by atoms with Gasteiger partial charge in [-0.3, -0.25) is 62.8 Å². The van der Waals surface area contributed by atoms with Gasteiger partial charge in [0.2, 0.25) is 17.7 Å². The van der Waals surface area contributed by atoms with Gasteiger partial charge in [0, 0.05) is 107 Å². The number of rotatable bonds is 44. The minimum atomic E-state index is -1.59. The van der Waals surface area contributed by atoms with Crippen molar-refractivity contribution in [3.05, 3.63) is 65.9 Å². The lowest BCUT2D eigenvalue weighted by Gasteiger charge is -2.37. The van der Waals surface area contributed by atoms with Gasteiger partial charge in [0.1, 0.15) is 29.9 Å². The Balaban J connectivity index is 1.30. The predicted octanol–water partition coefficient (Wildman–Crippen LogP) is 1.06. The number of carbonyl (C=O) groups excluding carboxylic acids is 5. The first kappa shape index (κ1) is 81.8. The number of amides is 6. The van der Waals surface area contributed by atoms with E-state index in [0.717, 1.165) is 16.5 Å². The number of carboxylic acids is 8. The number of urea groups is 1. The topological polar surface area (TPSA) is 509 Å². The van der Waals surface area contributed by atoms with E-state index in [1.54, 1.807) is 49.9 Å². The molecule has 1 aliphatic rings. The van der Waals surface area contributed by atoms with Crippen LogP contribution in [-0.4, -0.2) is 270 Å². The molecule has 2 aromatic carbocycles. The molecule has 5 atom stereocenters. The molecule has 1 unspecified atom stereocenters. The van der Waals surface area contributed by atoms with Crippen LogP contribution in [0.5, 0.6) is 0 Å². The Morgan fingerprint density at radius 3 is 1.57 bits per heavy atom. The molecule has 1 aromatic heterocycles. The SMILES string of the molecule is O=C(O)CC[C@H](NC(=O)N[C@@H](CCC(=O)NCCCCCCCC(=O)N[C@@H](CCCCNC(=S)Nc1ccc(CC2CN(CC(=O)O)CCN(CC(=O)O)CCN(CC(=O)O)CCN2CC(=O)O)cc1)C(=O)N[C@@H](CCCCNC(=O)c1cc2ccccc2[nH]1)C(=O)O)C(=O)O)C(=O)O. The Labute approximate surface area is 576 Å². The van der Waals surface area contributed by atoms with Gasteiger partial charge in [-0.25, -0.2) is 19.2 Å². The van der Waals surface area contributed by atoms with E-state index in [4.69, 9.17) is 17.3 Å². The van der Waals surface area contributed by atoms with Crippen LogP contribution in [-0.2, 0) is 59.2 Å². The molecule has 34 nitrogen and oxygen atoms in total. The van der Waals surface area contributed by atoms with Crippen LogP contribution in [0.3, 0.4) is 0 Å². The van der Waals surface area contributed by atoms with Gasteiger partial charge in [0.05, 0.1) is 26.2 Å². The van der Waals surface area contributed by atoms with Crippen molar-refractivity contribution < 1.29 is 103 Å². The van der Waals surface area contributed by atoms with E-state index in [2.05, 4.69) is 42.2 Å². The number of carbonyl (C=O) groups is 13. The molecule has 1 fully saturated rings. The number of H-pyrrole nitrogens is 1. The second-order valence-corrected chi connectivity index (χ2v) is 24.5. The van der Waals surface area contributed by atoms with Gasteiger partial charge in [-0.05, 0) is 113 Å². The van der Waals surface area contributed by atoms with Crippen molar-refractivity contribution in [1.29, 1.82) is 0 Å². The summed E-state index contributed by atoms with van der Waals surface area (Å²) in [5.41, 5.74) is 2.50. The molecule has 17 N–H and O–H groups in total. The number of hydrogen-bond acceptors (Lipinski definition) is 18. The molecular weight excluding hydrogens is 1320 g/mol. The van der Waals surface area contributed by atoms with Gasteiger partial charge in [-0.1, -0.05) is 49.6 Å². The third-order valence-corrected chi connectivity index (χ3v) is 16.4. The molecule has 1 saturated heterocycles. The van der Waals surface area contributed by atoms with E-state index in [1.807, 2.05) is 29.6 Å². The lowest BCUT2D eigenvalue weighted by Crippen LogP contribution is -2.53. The number of hydrogen-bond donors (Lipinski definition) is 17. The monoisotopic (exact) mass is 1410 g/mol. The highest BCUT2D eigenvalue weighted by molar-refractivity contribution is 7.80. The summed E-state index contributed by atoms with van der Waals surface area (Å²) in [6.07, 6.45) is 3.19. The van der Waals surface area contributed by atoms with Gasteiger partial charge >= 0.3 is 53.8 Å². The van der Waals surface area contributed by atoms with Crippen LogP contribution in [0.1, 0.15) is 119 Å². The highest BCUT2D eigenvalue weighted by atomic mass is 32.1. The van der Waals surface area contributed by atoms with E-state index in [9.17, 15) is 98.1 Å². The number of nitrogens with one attached hydrogen (secondary N) is 9. The van der Waals surface area contributed by atoms with Crippen molar-refractivity contribution in [2.75, 3.05) is 96.9 Å². The summed E-state index contributed by atoms with van der Waals surface area (Å²) < 4.78 is 0. The fourth-order valence-electron chi connectivity index (χ4n) is 10.9. The van der Waals surface area contributed by atoms with Crippen molar-refractivity contribution >= 4 is 111 Å². The number of benzene rings is 2. The van der Waals surface area contributed by atoms with E-state index < -0.39 is 128 Å². The number of unbranched alkanes of at least 4 members (excludes halogenated alkanes) is 6. The molecule has 1 aliphatic heterocycles. The molecule has 3 aromatic rings. The highest BCUT2D eigenvalue weighted by Gasteiger charge is 2.30. The minimum absolute atomic E-state index is 0.0268. The first-order valence-electron chi connectivity index (χ1n) is 32.8. The lowest BCUT2D eigenvalue weighted by atomic mass is 10.0. The third kappa shape index (κ3) is 34.0. The van der Waals surface area contributed by atoms with Crippen LogP contribution < -0.4 is 42.5 Å². The Morgan fingerprint density at radius 2 is 0.980 bits per heavy atom. The molecular formula is C64H93N13O21S. The van der Waals surface area contributed by atoms with Crippen molar-refractivity contribution in [3.8, 4) is 0 Å². The first-order valence-corrected chi connectivity index (χ1v) is 33.2. The summed E-state index contributed by atoms with van der Waals surface area (Å²) in [4.78, 5) is 169. The average Bonchev–Trinajstić information content (AvgIpc) is 1.66. The molecule has 2 heterocycles. The van der Waals surface area contributed by atoms with Crippen LogP contribution in [0.25, 0.3) is 10.9 Å². The van der Waals surface area contributed by atoms with Gasteiger partial charge in [-0.15, -0.1) is 0 Å². The summed E-state index contributed by atoms with van der Waals surface area (Å²) in [6.45, 7) is 0.197. The Kier molecular flexibility index (Phi) is 36.7. The Morgan fingerprint density at radius 1 is 0.475 bits per heavy atom. The number of fused-ring (bicyclic) bond motifs is 1. The number of aliphatic carboxylic acids is 8. The number of carboxylic acid groups (broad SMARTS) is 8. The van der Waals surface area contributed by atoms with Crippen molar-refractivity contribution in [2.24, 2.45) is 0 Å². The number of para-hydroxylation sites is 1. The standard InChI is InChI=1S/C64H93N13O21S/c78-51(23-21-48(61(94)95)72-63(98)73-49(62(96)97)22-24-53(80)81)65-25-9-3-1-2-4-16-52(79)70-46(59(91)71-47(60(92)93)15-8-10-26-66-58(90)50-35-42-12-5-6-13-45(42)69-50)14-7-11-27-67-64(99)68-43-19-17-41(18-20-43)34-44-36-76(39-56(86)87)31-30-74(37-54(82)83)28-29-75(38-55(84)85)32-33-77(44)40-57(88)89/h5-6,12-13,17-20,35,44,46-49,69H,1-4,7-11,14-16,21-34,36-40H2,(H,65,78)(H,66,90)(H,70,79)(H,71,91)(H,80,81)(H,82,83)(H,84,85)(H,86,87)(H,88,89)(H,92,93)(H,94,95)(H,96,97)(H2,67,68,99)(H2,72,73,98)/t44?,46-,47-,48-,49-/m0/s1. The molecule has 546 valence electrons. The lowest BCUT2D eigenvalue weighted by molar-refractivity contribution is -0.142. The molecule has 0 bridgehead atoms. The second-order valence-electron chi connectivity index (χ2n) is 24.0. The maximum absolute atomic E-state index is 13.9. The number of nitrogens with zero attached hydrogens (tertiary/aromatic N) is 4. The fraction of sp³-hybridized carbons (Fsp3) is 0.562. The zero-order chi connectivity index (χ0) is 72.8. The summed E-state index contributed by atoms with van der Waals surface area (Å²) in [7, 11) is 0. The third-order valence-electron chi connectivity index (χ3n) is 16.1.